The molecule has 1 atom stereocenters. The summed E-state index contributed by atoms with van der Waals surface area (Å²) in [6, 6.07) is 4.93. The number of nitrogens with two attached hydrogens (primary N) is 1. The predicted molar refractivity (Wildman–Crippen MR) is 66.6 cm³/mol. The molecule has 1 aromatic rings. The summed E-state index contributed by atoms with van der Waals surface area (Å²) in [4.78, 5) is 0. The molecule has 3 N–H and O–H groups in total. The number of hydrogen-bond acceptors (Lipinski definition) is 2. The minimum Gasteiger partial charge on any atom is -0.324 e. The first-order chi connectivity index (χ1) is 7.68. The van der Waals surface area contributed by atoms with Gasteiger partial charge in [-0.2, -0.15) is 0 Å². The lowest BCUT2D eigenvalue weighted by molar-refractivity contribution is 0.317. The predicted octanol–water partition coefficient (Wildman–Crippen LogP) is 2.59. The zero-order valence-corrected chi connectivity index (χ0v) is 10.6. The molecule has 1 aliphatic rings. The van der Waals surface area contributed by atoms with Crippen molar-refractivity contribution >= 4 is 15.9 Å². The summed E-state index contributed by atoms with van der Waals surface area (Å²) >= 11 is 3.25. The van der Waals surface area contributed by atoms with Gasteiger partial charge in [0.1, 0.15) is 5.82 Å². The lowest BCUT2D eigenvalue weighted by Crippen LogP contribution is -2.34. The highest BCUT2D eigenvalue weighted by Crippen LogP contribution is 2.29. The van der Waals surface area contributed by atoms with Crippen LogP contribution < -0.4 is 11.1 Å². The van der Waals surface area contributed by atoms with Crippen molar-refractivity contribution in [3.63, 3.8) is 0 Å². The Kier molecular flexibility index (Phi) is 3.95. The van der Waals surface area contributed by atoms with Crippen LogP contribution in [0.15, 0.2) is 22.7 Å². The summed E-state index contributed by atoms with van der Waals surface area (Å²) in [5.74, 6) is 0.178. The van der Waals surface area contributed by atoms with Gasteiger partial charge in [-0.05, 0) is 44.0 Å². The zero-order valence-electron chi connectivity index (χ0n) is 9.05. The van der Waals surface area contributed by atoms with Crippen molar-refractivity contribution in [3.8, 4) is 0 Å². The van der Waals surface area contributed by atoms with Gasteiger partial charge in [-0.3, -0.25) is 0 Å². The van der Waals surface area contributed by atoms with E-state index in [4.69, 9.17) is 5.73 Å². The summed E-state index contributed by atoms with van der Waals surface area (Å²) in [5, 5.41) is 3.29. The van der Waals surface area contributed by atoms with Crippen LogP contribution in [0.25, 0.3) is 0 Å². The van der Waals surface area contributed by atoms with E-state index in [1.807, 2.05) is 6.07 Å². The van der Waals surface area contributed by atoms with E-state index >= 15 is 0 Å². The molecule has 0 radical (unpaired) electrons. The second-order valence-electron chi connectivity index (χ2n) is 4.28. The number of hydrogen-bond donors (Lipinski definition) is 2. The molecule has 4 heteroatoms. The molecular formula is C12H16BrFN2. The lowest BCUT2D eigenvalue weighted by Gasteiger charge is -2.28. The minimum atomic E-state index is -0.208. The zero-order chi connectivity index (χ0) is 11.5. The third-order valence-electron chi connectivity index (χ3n) is 3.21. The van der Waals surface area contributed by atoms with Crippen LogP contribution in [0, 0.1) is 11.7 Å². The Morgan fingerprint density at radius 2 is 2.06 bits per heavy atom. The smallest absolute Gasteiger partial charge is 0.129 e. The fraction of sp³-hybridized carbons (Fsp3) is 0.500. The Labute approximate surface area is 104 Å². The van der Waals surface area contributed by atoms with E-state index in [1.54, 1.807) is 6.07 Å². The molecule has 0 amide bonds. The molecule has 16 heavy (non-hydrogen) atoms. The summed E-state index contributed by atoms with van der Waals surface area (Å²) in [6.45, 7) is 1.97. The van der Waals surface area contributed by atoms with Crippen molar-refractivity contribution in [3.05, 3.63) is 34.1 Å². The molecule has 0 bridgehead atoms. The van der Waals surface area contributed by atoms with Crippen LogP contribution in [0.5, 0.6) is 0 Å². The van der Waals surface area contributed by atoms with Crippen LogP contribution in [0.1, 0.15) is 24.4 Å². The normalized spacial score (nSPS) is 19.7. The minimum absolute atomic E-state index is 0.185. The highest BCUT2D eigenvalue weighted by molar-refractivity contribution is 9.10. The molecule has 2 rings (SSSR count). The molecule has 1 saturated heterocycles. The van der Waals surface area contributed by atoms with Crippen molar-refractivity contribution < 1.29 is 4.39 Å². The highest BCUT2D eigenvalue weighted by Gasteiger charge is 2.23. The maximum absolute atomic E-state index is 13.7. The molecule has 0 saturated carbocycles. The molecule has 1 fully saturated rings. The molecule has 1 aromatic carbocycles. The van der Waals surface area contributed by atoms with Crippen LogP contribution in [-0.4, -0.2) is 13.1 Å². The fourth-order valence-electron chi connectivity index (χ4n) is 2.23. The van der Waals surface area contributed by atoms with Crippen molar-refractivity contribution in [2.75, 3.05) is 13.1 Å². The van der Waals surface area contributed by atoms with E-state index < -0.39 is 0 Å². The molecule has 2 nitrogen and oxygen atoms in total. The van der Waals surface area contributed by atoms with Gasteiger partial charge in [-0.15, -0.1) is 0 Å². The molecule has 1 aliphatic heterocycles. The number of piperidine rings is 1. The third kappa shape index (κ3) is 2.62. The number of benzene rings is 1. The topological polar surface area (TPSA) is 38.0 Å². The van der Waals surface area contributed by atoms with Crippen LogP contribution in [0.2, 0.25) is 0 Å². The Balaban J connectivity index is 2.15. The van der Waals surface area contributed by atoms with Crippen LogP contribution in [-0.2, 0) is 0 Å². The molecule has 1 heterocycles. The van der Waals surface area contributed by atoms with Gasteiger partial charge in [-0.25, -0.2) is 4.39 Å². The second kappa shape index (κ2) is 5.25. The summed E-state index contributed by atoms with van der Waals surface area (Å²) < 4.78 is 14.5. The monoisotopic (exact) mass is 286 g/mol. The number of nitrogens with one attached hydrogen (secondary N) is 1. The van der Waals surface area contributed by atoms with Gasteiger partial charge in [-0.1, -0.05) is 22.0 Å². The largest absolute Gasteiger partial charge is 0.324 e. The lowest BCUT2D eigenvalue weighted by atomic mass is 9.86. The van der Waals surface area contributed by atoms with Gasteiger partial charge in [0.05, 0.1) is 0 Å². The molecule has 88 valence electrons. The van der Waals surface area contributed by atoms with Crippen molar-refractivity contribution in [1.82, 2.24) is 5.32 Å². The highest BCUT2D eigenvalue weighted by atomic mass is 79.9. The Hall–Kier alpha value is -0.450. The van der Waals surface area contributed by atoms with E-state index in [0.29, 0.717) is 11.5 Å². The first-order valence-corrected chi connectivity index (χ1v) is 6.39. The van der Waals surface area contributed by atoms with Crippen LogP contribution >= 0.6 is 15.9 Å². The average molecular weight is 287 g/mol. The number of halogens is 2. The van der Waals surface area contributed by atoms with Gasteiger partial charge in [0.15, 0.2) is 0 Å². The van der Waals surface area contributed by atoms with E-state index in [1.165, 1.54) is 6.07 Å². The van der Waals surface area contributed by atoms with Gasteiger partial charge in [0, 0.05) is 16.1 Å². The quantitative estimate of drug-likeness (QED) is 0.877. The van der Waals surface area contributed by atoms with E-state index in [-0.39, 0.29) is 11.9 Å². The average Bonchev–Trinajstić information content (AvgIpc) is 2.29. The van der Waals surface area contributed by atoms with Crippen LogP contribution in [0.4, 0.5) is 4.39 Å². The van der Waals surface area contributed by atoms with Crippen molar-refractivity contribution in [1.29, 1.82) is 0 Å². The Bertz CT molecular complexity index is 364. The third-order valence-corrected chi connectivity index (χ3v) is 3.71. The summed E-state index contributed by atoms with van der Waals surface area (Å²) in [5.41, 5.74) is 6.77. The van der Waals surface area contributed by atoms with Gasteiger partial charge in [0.2, 0.25) is 0 Å². The molecule has 0 aromatic heterocycles. The van der Waals surface area contributed by atoms with Gasteiger partial charge in [0.25, 0.3) is 0 Å². The maximum Gasteiger partial charge on any atom is 0.129 e. The molecule has 0 unspecified atom stereocenters. The summed E-state index contributed by atoms with van der Waals surface area (Å²) in [6.07, 6.45) is 2.05. The number of rotatable bonds is 2. The standard InChI is InChI=1S/C12H16BrFN2/c13-9-1-2-10(11(14)7-9)12(15)8-3-5-16-6-4-8/h1-2,7-8,12,16H,3-6,15H2/t12-/m1/s1. The van der Waals surface area contributed by atoms with Gasteiger partial charge < -0.3 is 11.1 Å². The Morgan fingerprint density at radius 1 is 1.38 bits per heavy atom. The SMILES string of the molecule is N[C@@H](c1ccc(Br)cc1F)C1CCNCC1. The van der Waals surface area contributed by atoms with E-state index in [2.05, 4.69) is 21.2 Å². The first kappa shape index (κ1) is 12.0. The molecular weight excluding hydrogens is 271 g/mol. The van der Waals surface area contributed by atoms with Gasteiger partial charge >= 0.3 is 0 Å². The second-order valence-corrected chi connectivity index (χ2v) is 5.19. The van der Waals surface area contributed by atoms with E-state index in [9.17, 15) is 4.39 Å². The fourth-order valence-corrected chi connectivity index (χ4v) is 2.56. The van der Waals surface area contributed by atoms with Crippen molar-refractivity contribution in [2.24, 2.45) is 11.7 Å². The van der Waals surface area contributed by atoms with E-state index in [0.717, 1.165) is 30.4 Å². The Morgan fingerprint density at radius 3 is 2.69 bits per heavy atom. The van der Waals surface area contributed by atoms with Crippen molar-refractivity contribution in [2.45, 2.75) is 18.9 Å². The maximum atomic E-state index is 13.7. The molecule has 0 spiro atoms. The first-order valence-electron chi connectivity index (χ1n) is 5.59. The summed E-state index contributed by atoms with van der Waals surface area (Å²) in [7, 11) is 0. The van der Waals surface area contributed by atoms with Crippen LogP contribution in [0.3, 0.4) is 0 Å². The molecule has 0 aliphatic carbocycles.